The average molecular weight is 118 g/mol. The lowest BCUT2D eigenvalue weighted by atomic mass is 10.2. The van der Waals surface area contributed by atoms with E-state index in [0.717, 1.165) is 0 Å². The Labute approximate surface area is 47.9 Å². The zero-order valence-electron chi connectivity index (χ0n) is 4.79. The topological polar surface area (TPSA) is 57.5 Å². The van der Waals surface area contributed by atoms with E-state index in [0.29, 0.717) is 6.42 Å². The van der Waals surface area contributed by atoms with Crippen molar-refractivity contribution in [2.75, 3.05) is 0 Å². The smallest absolute Gasteiger partial charge is 0.303 e. The summed E-state index contributed by atoms with van der Waals surface area (Å²) in [4.78, 5) is 9.79. The summed E-state index contributed by atoms with van der Waals surface area (Å²) >= 11 is 0. The van der Waals surface area contributed by atoms with Gasteiger partial charge in [0.2, 0.25) is 0 Å². The second-order valence-electron chi connectivity index (χ2n) is 1.78. The molecule has 0 unspecified atom stereocenters. The van der Waals surface area contributed by atoms with Gasteiger partial charge in [0.05, 0.1) is 6.10 Å². The Kier molecular flexibility index (Phi) is 3.19. The molecule has 0 amide bonds. The molecule has 0 saturated heterocycles. The Hall–Kier alpha value is -0.570. The lowest BCUT2D eigenvalue weighted by Crippen LogP contribution is -2.03. The lowest BCUT2D eigenvalue weighted by Gasteiger charge is -1.97. The molecule has 1 atom stereocenters. The highest BCUT2D eigenvalue weighted by atomic mass is 16.4. The van der Waals surface area contributed by atoms with E-state index in [1.165, 1.54) is 0 Å². The van der Waals surface area contributed by atoms with Gasteiger partial charge in [-0.05, 0) is 13.3 Å². The Morgan fingerprint density at radius 2 is 2.25 bits per heavy atom. The molecule has 0 heterocycles. The number of rotatable bonds is 3. The quantitative estimate of drug-likeness (QED) is 0.557. The van der Waals surface area contributed by atoms with E-state index in [4.69, 9.17) is 10.2 Å². The molecule has 48 valence electrons. The predicted molar refractivity (Wildman–Crippen MR) is 28.6 cm³/mol. The number of aliphatic hydroxyl groups is 1. The zero-order chi connectivity index (χ0) is 6.57. The Bertz CT molecular complexity index is 77.7. The Morgan fingerprint density at radius 1 is 1.75 bits per heavy atom. The normalized spacial score (nSPS) is 13.2. The first-order valence-corrected chi connectivity index (χ1v) is 2.53. The van der Waals surface area contributed by atoms with Crippen LogP contribution in [0, 0.1) is 0 Å². The first-order valence-electron chi connectivity index (χ1n) is 2.53. The molecule has 0 aromatic carbocycles. The van der Waals surface area contributed by atoms with Gasteiger partial charge >= 0.3 is 5.97 Å². The van der Waals surface area contributed by atoms with Crippen LogP contribution in [0.1, 0.15) is 19.8 Å². The van der Waals surface area contributed by atoms with Crippen molar-refractivity contribution in [1.82, 2.24) is 0 Å². The monoisotopic (exact) mass is 118 g/mol. The van der Waals surface area contributed by atoms with Crippen molar-refractivity contribution in [3.05, 3.63) is 0 Å². The molecule has 0 aliphatic carbocycles. The molecule has 8 heavy (non-hydrogen) atoms. The van der Waals surface area contributed by atoms with Gasteiger partial charge in [0.1, 0.15) is 0 Å². The number of carboxylic acids is 1. The molecule has 2 N–H and O–H groups in total. The van der Waals surface area contributed by atoms with E-state index in [2.05, 4.69) is 0 Å². The third-order valence-corrected chi connectivity index (χ3v) is 0.776. The summed E-state index contributed by atoms with van der Waals surface area (Å²) in [6.45, 7) is 1.57. The molecule has 0 aromatic heterocycles. The molecule has 3 heteroatoms. The molecule has 0 aromatic rings. The SMILES string of the molecule is C[C@H](O)CCC(=O)O. The van der Waals surface area contributed by atoms with Crippen LogP contribution in [0.5, 0.6) is 0 Å². The van der Waals surface area contributed by atoms with Crippen LogP contribution in [0.25, 0.3) is 0 Å². The predicted octanol–water partition coefficient (Wildman–Crippen LogP) is 0.232. The zero-order valence-corrected chi connectivity index (χ0v) is 4.79. The third kappa shape index (κ3) is 5.43. The van der Waals surface area contributed by atoms with E-state index < -0.39 is 12.1 Å². The maximum absolute atomic E-state index is 9.79. The summed E-state index contributed by atoms with van der Waals surface area (Å²) in [5, 5.41) is 16.6. The standard InChI is InChI=1S/C5H10O3/c1-4(6)2-3-5(7)8/h4,6H,2-3H2,1H3,(H,7,8)/t4-/m0/s1. The van der Waals surface area contributed by atoms with Crippen molar-refractivity contribution in [2.24, 2.45) is 0 Å². The van der Waals surface area contributed by atoms with Crippen molar-refractivity contribution >= 4 is 5.97 Å². The van der Waals surface area contributed by atoms with Crippen LogP contribution in [0.4, 0.5) is 0 Å². The number of aliphatic hydroxyl groups excluding tert-OH is 1. The molecule has 3 nitrogen and oxygen atoms in total. The van der Waals surface area contributed by atoms with Crippen molar-refractivity contribution in [2.45, 2.75) is 25.9 Å². The summed E-state index contributed by atoms with van der Waals surface area (Å²) in [7, 11) is 0. The van der Waals surface area contributed by atoms with Crippen LogP contribution in [-0.4, -0.2) is 22.3 Å². The highest BCUT2D eigenvalue weighted by molar-refractivity contribution is 5.66. The average Bonchev–Trinajstić information content (AvgIpc) is 1.61. The van der Waals surface area contributed by atoms with Crippen LogP contribution < -0.4 is 0 Å². The number of hydrogen-bond acceptors (Lipinski definition) is 2. The van der Waals surface area contributed by atoms with Crippen LogP contribution in [0.2, 0.25) is 0 Å². The van der Waals surface area contributed by atoms with Gasteiger partial charge in [0, 0.05) is 6.42 Å². The number of aliphatic carboxylic acids is 1. The molecular weight excluding hydrogens is 108 g/mol. The van der Waals surface area contributed by atoms with Gasteiger partial charge in [0.15, 0.2) is 0 Å². The van der Waals surface area contributed by atoms with Crippen molar-refractivity contribution < 1.29 is 15.0 Å². The second kappa shape index (κ2) is 3.43. The molecule has 0 aliphatic rings. The molecule has 0 bridgehead atoms. The van der Waals surface area contributed by atoms with Gasteiger partial charge in [-0.2, -0.15) is 0 Å². The van der Waals surface area contributed by atoms with Gasteiger partial charge in [-0.1, -0.05) is 0 Å². The molecule has 0 radical (unpaired) electrons. The van der Waals surface area contributed by atoms with Crippen LogP contribution in [-0.2, 0) is 4.79 Å². The van der Waals surface area contributed by atoms with E-state index in [-0.39, 0.29) is 6.42 Å². The molecular formula is C5H10O3. The van der Waals surface area contributed by atoms with Gasteiger partial charge in [-0.3, -0.25) is 4.79 Å². The maximum atomic E-state index is 9.79. The van der Waals surface area contributed by atoms with Crippen molar-refractivity contribution in [1.29, 1.82) is 0 Å². The Balaban J connectivity index is 3.05. The fourth-order valence-corrected chi connectivity index (χ4v) is 0.332. The van der Waals surface area contributed by atoms with Crippen molar-refractivity contribution in [3.8, 4) is 0 Å². The van der Waals surface area contributed by atoms with E-state index in [9.17, 15) is 4.79 Å². The number of carbonyl (C=O) groups is 1. The minimum atomic E-state index is -0.856. The molecule has 0 spiro atoms. The summed E-state index contributed by atoms with van der Waals surface area (Å²) in [5.74, 6) is -0.856. The van der Waals surface area contributed by atoms with E-state index >= 15 is 0 Å². The van der Waals surface area contributed by atoms with Gasteiger partial charge < -0.3 is 10.2 Å². The van der Waals surface area contributed by atoms with Gasteiger partial charge in [-0.15, -0.1) is 0 Å². The van der Waals surface area contributed by atoms with E-state index in [1.54, 1.807) is 6.92 Å². The highest BCUT2D eigenvalue weighted by Crippen LogP contribution is 1.93. The molecule has 0 saturated carbocycles. The molecule has 0 fully saturated rings. The molecule has 0 aliphatic heterocycles. The number of carboxylic acid groups (broad SMARTS) is 1. The van der Waals surface area contributed by atoms with E-state index in [1.807, 2.05) is 0 Å². The fourth-order valence-electron chi connectivity index (χ4n) is 0.332. The fraction of sp³-hybridized carbons (Fsp3) is 0.800. The maximum Gasteiger partial charge on any atom is 0.303 e. The first kappa shape index (κ1) is 7.43. The minimum absolute atomic E-state index is 0.0532. The van der Waals surface area contributed by atoms with Crippen LogP contribution in [0.3, 0.4) is 0 Å². The van der Waals surface area contributed by atoms with Crippen molar-refractivity contribution in [3.63, 3.8) is 0 Å². The number of hydrogen-bond donors (Lipinski definition) is 2. The largest absolute Gasteiger partial charge is 0.481 e. The van der Waals surface area contributed by atoms with Gasteiger partial charge in [0.25, 0.3) is 0 Å². The van der Waals surface area contributed by atoms with Crippen LogP contribution >= 0.6 is 0 Å². The molecule has 0 rings (SSSR count). The van der Waals surface area contributed by atoms with Gasteiger partial charge in [-0.25, -0.2) is 0 Å². The third-order valence-electron chi connectivity index (χ3n) is 0.776. The summed E-state index contributed by atoms with van der Waals surface area (Å²) in [5.41, 5.74) is 0. The summed E-state index contributed by atoms with van der Waals surface area (Å²) in [6.07, 6.45) is -0.0985. The minimum Gasteiger partial charge on any atom is -0.481 e. The first-order chi connectivity index (χ1) is 3.63. The Morgan fingerprint density at radius 3 is 2.38 bits per heavy atom. The van der Waals surface area contributed by atoms with Crippen LogP contribution in [0.15, 0.2) is 0 Å². The second-order valence-corrected chi connectivity index (χ2v) is 1.78. The summed E-state index contributed by atoms with van der Waals surface area (Å²) in [6, 6.07) is 0. The summed E-state index contributed by atoms with van der Waals surface area (Å²) < 4.78 is 0. The lowest BCUT2D eigenvalue weighted by molar-refractivity contribution is -0.137. The highest BCUT2D eigenvalue weighted by Gasteiger charge is 1.99.